The summed E-state index contributed by atoms with van der Waals surface area (Å²) >= 11 is 8.46. The van der Waals surface area contributed by atoms with Crippen LogP contribution in [0.1, 0.15) is 91.2 Å². The average molecular weight is 1160 g/mol. The number of amides is 9. The predicted molar refractivity (Wildman–Crippen MR) is 300 cm³/mol. The van der Waals surface area contributed by atoms with Gasteiger partial charge in [0.25, 0.3) is 0 Å². The fourth-order valence-electron chi connectivity index (χ4n) is 7.64. The summed E-state index contributed by atoms with van der Waals surface area (Å²) in [4.78, 5) is 146. The molecule has 0 fully saturated rings. The number of carboxylic acids is 2. The van der Waals surface area contributed by atoms with E-state index < -0.39 is 144 Å². The number of aromatic hydroxyl groups is 2. The maximum Gasteiger partial charge on any atom is 0.326 e. The lowest BCUT2D eigenvalue weighted by Crippen LogP contribution is -2.61. The minimum atomic E-state index is -1.64. The Morgan fingerprint density at radius 2 is 0.850 bits per heavy atom. The van der Waals surface area contributed by atoms with Crippen LogP contribution in [-0.2, 0) is 65.6 Å². The molecule has 0 saturated heterocycles. The van der Waals surface area contributed by atoms with Gasteiger partial charge in [0.15, 0.2) is 0 Å². The first-order valence-corrected chi connectivity index (χ1v) is 27.3. The summed E-state index contributed by atoms with van der Waals surface area (Å²) < 4.78 is 0. The molecule has 0 aromatic heterocycles. The van der Waals surface area contributed by atoms with E-state index in [1.807, 2.05) is 0 Å². The zero-order chi connectivity index (χ0) is 60.4. The lowest BCUT2D eigenvalue weighted by Gasteiger charge is -2.28. The molecule has 28 heteroatoms. The molecule has 0 aliphatic carbocycles. The number of carboxylic acid groups (broad SMARTS) is 2. The average Bonchev–Trinajstić information content (AvgIpc) is 3.39. The van der Waals surface area contributed by atoms with Crippen LogP contribution in [0.25, 0.3) is 0 Å². The van der Waals surface area contributed by atoms with Gasteiger partial charge in [-0.25, -0.2) is 4.79 Å². The number of thiol groups is 2. The molecule has 0 unspecified atom stereocenters. The number of phenols is 2. The first kappa shape index (κ1) is 68.9. The van der Waals surface area contributed by atoms with Gasteiger partial charge in [-0.2, -0.15) is 25.3 Å². The Morgan fingerprint density at radius 1 is 0.475 bits per heavy atom. The van der Waals surface area contributed by atoms with E-state index in [2.05, 4.69) is 73.1 Å². The van der Waals surface area contributed by atoms with Crippen LogP contribution >= 0.6 is 25.3 Å². The van der Waals surface area contributed by atoms with Crippen LogP contribution in [0.15, 0.2) is 48.5 Å². The summed E-state index contributed by atoms with van der Waals surface area (Å²) in [5.41, 5.74) is 12.5. The normalized spacial score (nSPS) is 14.9. The second kappa shape index (κ2) is 34.8. The number of unbranched alkanes of at least 4 members (excludes halogenated alkanes) is 1. The Kier molecular flexibility index (Phi) is 29.9. The number of hydrogen-bond acceptors (Lipinski definition) is 17. The van der Waals surface area contributed by atoms with Gasteiger partial charge in [0.2, 0.25) is 53.2 Å². The highest BCUT2D eigenvalue weighted by Crippen LogP contribution is 2.15. The summed E-state index contributed by atoms with van der Waals surface area (Å²) in [6, 6.07) is -2.22. The van der Waals surface area contributed by atoms with Crippen molar-refractivity contribution >= 4 is 90.4 Å². The molecule has 2 aromatic carbocycles. The second-order valence-electron chi connectivity index (χ2n) is 20.0. The van der Waals surface area contributed by atoms with E-state index in [1.54, 1.807) is 27.7 Å². The van der Waals surface area contributed by atoms with Crippen molar-refractivity contribution < 1.29 is 73.2 Å². The first-order chi connectivity index (χ1) is 37.6. The Labute approximate surface area is 475 Å². The maximum atomic E-state index is 14.2. The molecule has 0 aliphatic heterocycles. The number of nitrogens with two attached hydrogens (primary N) is 2. The van der Waals surface area contributed by atoms with E-state index >= 15 is 0 Å². The molecule has 2 rings (SSSR count). The number of nitrogens with one attached hydrogen (secondary N) is 9. The van der Waals surface area contributed by atoms with Gasteiger partial charge in [0.1, 0.15) is 65.9 Å². The van der Waals surface area contributed by atoms with Crippen molar-refractivity contribution in [1.29, 1.82) is 0 Å². The fourth-order valence-corrected chi connectivity index (χ4v) is 8.15. The topological polar surface area (TPSA) is 429 Å². The van der Waals surface area contributed by atoms with Crippen LogP contribution < -0.4 is 59.3 Å². The van der Waals surface area contributed by atoms with Crippen LogP contribution in [0.3, 0.4) is 0 Å². The summed E-state index contributed by atoms with van der Waals surface area (Å²) in [5, 5.41) is 61.2. The summed E-state index contributed by atoms with van der Waals surface area (Å²) in [6.45, 7) is 9.58. The van der Waals surface area contributed by atoms with E-state index in [4.69, 9.17) is 11.5 Å². The van der Waals surface area contributed by atoms with Crippen molar-refractivity contribution in [2.45, 2.75) is 153 Å². The van der Waals surface area contributed by atoms with E-state index in [9.17, 15) is 73.2 Å². The quantitative estimate of drug-likeness (QED) is 0.0269. The molecule has 2 aromatic rings. The molecule has 0 saturated carbocycles. The molecular formula is C52H79N11O15S2. The lowest BCUT2D eigenvalue weighted by atomic mass is 10.0. The highest BCUT2D eigenvalue weighted by Gasteiger charge is 2.35. The molecule has 0 spiro atoms. The van der Waals surface area contributed by atoms with Crippen molar-refractivity contribution in [3.05, 3.63) is 59.7 Å². The SMILES string of the molecule is CC(C)C[C@H](NC(=O)[C@H](Cc1ccc(O)cc1)NC(=O)[C@H](CS)NC(=O)[C@@H](N)CCCCN)C(=O)N[C@@H](CS)C(=O)N[C@H](CCC(=O)O)C(=O)N[C@@H](C)C(=O)N[C@@H](Cc1ccc(O)cc1)C(=O)N[C@H](C)C(=O)N[C@H](C(=O)O)C(C)C. The smallest absolute Gasteiger partial charge is 0.326 e. The predicted octanol–water partition coefficient (Wildman–Crippen LogP) is -1.75. The standard InChI is InChI=1S/C52H79N11O15S2/c1-26(2)21-36(59-49(74)38(23-31-12-16-33(65)17-13-31)60-51(76)39(24-79)61-45(70)34(54)9-7-8-20-53)48(73)62-40(25-80)50(75)57-35(18-19-41(66)67)46(71)55-28(5)43(68)58-37(22-30-10-14-32(64)15-11-30)47(72)56-29(6)44(69)63-42(27(3)4)52(77)78/h10-17,26-29,34-40,42,64-65,79-80H,7-9,18-25,53-54H2,1-6H3,(H,55,71)(H,56,72)(H,57,75)(H,58,68)(H,59,74)(H,60,76)(H,61,70)(H,62,73)(H,63,69)(H,66,67)(H,77,78)/t28-,29+,34-,35+,36-,37-,38-,39-,40-,42-/m0/s1. The molecule has 0 bridgehead atoms. The van der Waals surface area contributed by atoms with Crippen LogP contribution in [0.5, 0.6) is 11.5 Å². The van der Waals surface area contributed by atoms with Crippen LogP contribution in [0.2, 0.25) is 0 Å². The Bertz CT molecular complexity index is 2440. The number of carbonyl (C=O) groups excluding carboxylic acids is 9. The molecule has 0 heterocycles. The van der Waals surface area contributed by atoms with E-state index in [1.165, 1.54) is 62.4 Å². The summed E-state index contributed by atoms with van der Waals surface area (Å²) in [6.07, 6.45) is -0.0361. The van der Waals surface area contributed by atoms with Gasteiger partial charge < -0.3 is 79.7 Å². The lowest BCUT2D eigenvalue weighted by molar-refractivity contribution is -0.143. The molecule has 444 valence electrons. The molecule has 17 N–H and O–H groups in total. The van der Waals surface area contributed by atoms with Crippen molar-refractivity contribution in [2.75, 3.05) is 18.1 Å². The largest absolute Gasteiger partial charge is 0.508 e. The maximum absolute atomic E-state index is 14.2. The van der Waals surface area contributed by atoms with Gasteiger partial charge in [0.05, 0.1) is 6.04 Å². The van der Waals surface area contributed by atoms with Gasteiger partial charge in [-0.05, 0) is 93.3 Å². The molecule has 0 radical (unpaired) electrons. The molecule has 0 aliphatic rings. The molecular weight excluding hydrogens is 1080 g/mol. The van der Waals surface area contributed by atoms with Crippen LogP contribution in [0, 0.1) is 11.8 Å². The zero-order valence-corrected chi connectivity index (χ0v) is 47.4. The third-order valence-corrected chi connectivity index (χ3v) is 13.0. The number of aliphatic carboxylic acids is 2. The Balaban J connectivity index is 2.33. The molecule has 9 amide bonds. The monoisotopic (exact) mass is 1160 g/mol. The van der Waals surface area contributed by atoms with Gasteiger partial charge >= 0.3 is 11.9 Å². The minimum absolute atomic E-state index is 0.00333. The van der Waals surface area contributed by atoms with E-state index in [-0.39, 0.29) is 48.2 Å². The number of phenolic OH excluding ortho intramolecular Hbond substituents is 2. The van der Waals surface area contributed by atoms with Crippen molar-refractivity contribution in [3.8, 4) is 11.5 Å². The number of hydrogen-bond donors (Lipinski definition) is 17. The van der Waals surface area contributed by atoms with Crippen molar-refractivity contribution in [1.82, 2.24) is 47.9 Å². The van der Waals surface area contributed by atoms with Crippen molar-refractivity contribution in [3.63, 3.8) is 0 Å². The number of carbonyl (C=O) groups is 11. The summed E-state index contributed by atoms with van der Waals surface area (Å²) in [7, 11) is 0. The number of rotatable bonds is 35. The summed E-state index contributed by atoms with van der Waals surface area (Å²) in [5.74, 6) is -12.1. The minimum Gasteiger partial charge on any atom is -0.508 e. The molecule has 26 nitrogen and oxygen atoms in total. The van der Waals surface area contributed by atoms with Gasteiger partial charge in [-0.1, -0.05) is 58.4 Å². The highest BCUT2D eigenvalue weighted by atomic mass is 32.1. The molecule has 80 heavy (non-hydrogen) atoms. The highest BCUT2D eigenvalue weighted by molar-refractivity contribution is 7.80. The van der Waals surface area contributed by atoms with Gasteiger partial charge in [-0.3, -0.25) is 47.9 Å². The Hall–Kier alpha value is -7.17. The molecule has 10 atom stereocenters. The third-order valence-electron chi connectivity index (χ3n) is 12.3. The first-order valence-electron chi connectivity index (χ1n) is 26.0. The van der Waals surface area contributed by atoms with Gasteiger partial charge in [-0.15, -0.1) is 0 Å². The number of benzene rings is 2. The Morgan fingerprint density at radius 3 is 1.27 bits per heavy atom. The van der Waals surface area contributed by atoms with Crippen LogP contribution in [-0.4, -0.2) is 164 Å². The van der Waals surface area contributed by atoms with Gasteiger partial charge in [0, 0.05) is 30.8 Å². The second-order valence-corrected chi connectivity index (χ2v) is 20.7. The third kappa shape index (κ3) is 24.5. The van der Waals surface area contributed by atoms with E-state index in [0.29, 0.717) is 36.9 Å². The zero-order valence-electron chi connectivity index (χ0n) is 45.7. The van der Waals surface area contributed by atoms with Crippen molar-refractivity contribution in [2.24, 2.45) is 23.3 Å². The van der Waals surface area contributed by atoms with Crippen LogP contribution in [0.4, 0.5) is 0 Å². The van der Waals surface area contributed by atoms with E-state index in [0.717, 1.165) is 0 Å². The fraction of sp³-hybridized carbons (Fsp3) is 0.558.